The fourth-order valence-electron chi connectivity index (χ4n) is 1.61. The van der Waals surface area contributed by atoms with Crippen molar-refractivity contribution in [2.75, 3.05) is 0 Å². The van der Waals surface area contributed by atoms with Gasteiger partial charge in [0.15, 0.2) is 11.4 Å². The van der Waals surface area contributed by atoms with Crippen molar-refractivity contribution in [1.29, 1.82) is 0 Å². The second-order valence-electron chi connectivity index (χ2n) is 4.10. The van der Waals surface area contributed by atoms with Crippen molar-refractivity contribution >= 4 is 17.3 Å². The zero-order valence-corrected chi connectivity index (χ0v) is 10.0. The number of amides is 1. The molecule has 0 bridgehead atoms. The number of carbonyl (C=O) groups excluding carboxylic acids is 2. The minimum Gasteiger partial charge on any atom is -0.292 e. The molecule has 0 aliphatic carbocycles. The van der Waals surface area contributed by atoms with Crippen molar-refractivity contribution < 1.29 is 9.59 Å². The van der Waals surface area contributed by atoms with Gasteiger partial charge in [-0.1, -0.05) is 13.8 Å². The van der Waals surface area contributed by atoms with Gasteiger partial charge in [-0.25, -0.2) is 15.3 Å². The molecule has 0 saturated heterocycles. The summed E-state index contributed by atoms with van der Waals surface area (Å²) in [6, 6.07) is 1.66. The van der Waals surface area contributed by atoms with Gasteiger partial charge in [0.2, 0.25) is 0 Å². The molecule has 0 radical (unpaired) electrons. The largest absolute Gasteiger partial charge is 0.292 e. The molecule has 0 aromatic carbocycles. The first-order valence-corrected chi connectivity index (χ1v) is 5.44. The number of Topliss-reactive ketones (excluding diaryl/α,β-unsaturated/α-hetero) is 1. The Bertz CT molecular complexity index is 617. The summed E-state index contributed by atoms with van der Waals surface area (Å²) in [6.45, 7) is 3.48. The van der Waals surface area contributed by atoms with Crippen LogP contribution in [-0.4, -0.2) is 26.3 Å². The Labute approximate surface area is 103 Å². The van der Waals surface area contributed by atoms with Crippen LogP contribution in [0.3, 0.4) is 0 Å². The molecular weight excluding hydrogens is 234 g/mol. The molecule has 2 aromatic rings. The first kappa shape index (κ1) is 12.2. The number of ketones is 1. The van der Waals surface area contributed by atoms with Gasteiger partial charge in [-0.3, -0.25) is 15.0 Å². The van der Waals surface area contributed by atoms with E-state index in [2.05, 4.69) is 10.1 Å². The highest BCUT2D eigenvalue weighted by atomic mass is 16.2. The summed E-state index contributed by atoms with van der Waals surface area (Å²) in [6.07, 6.45) is 3.14. The number of aromatic nitrogens is 3. The first-order chi connectivity index (χ1) is 8.56. The lowest BCUT2D eigenvalue weighted by Gasteiger charge is -2.02. The number of hydrazine groups is 1. The molecule has 94 valence electrons. The average Bonchev–Trinajstić information content (AvgIpc) is 2.75. The van der Waals surface area contributed by atoms with E-state index in [0.29, 0.717) is 5.65 Å². The highest BCUT2D eigenvalue weighted by Gasteiger charge is 2.26. The zero-order valence-electron chi connectivity index (χ0n) is 10.0. The number of carbonyl (C=O) groups is 2. The number of hydrogen-bond donors (Lipinski definition) is 2. The third-order valence-electron chi connectivity index (χ3n) is 2.51. The molecule has 0 fully saturated rings. The quantitative estimate of drug-likeness (QED) is 0.348. The second kappa shape index (κ2) is 4.53. The molecule has 2 aromatic heterocycles. The number of rotatable bonds is 3. The average molecular weight is 247 g/mol. The van der Waals surface area contributed by atoms with Crippen LogP contribution >= 0.6 is 0 Å². The molecule has 0 saturated carbocycles. The van der Waals surface area contributed by atoms with Crippen LogP contribution in [0.4, 0.5) is 0 Å². The fourth-order valence-corrected chi connectivity index (χ4v) is 1.61. The first-order valence-electron chi connectivity index (χ1n) is 5.44. The van der Waals surface area contributed by atoms with E-state index in [-0.39, 0.29) is 23.0 Å². The molecule has 0 atom stereocenters. The lowest BCUT2D eigenvalue weighted by atomic mass is 10.0. The van der Waals surface area contributed by atoms with E-state index in [1.807, 2.05) is 5.43 Å². The second-order valence-corrected chi connectivity index (χ2v) is 4.10. The Morgan fingerprint density at radius 1 is 1.44 bits per heavy atom. The summed E-state index contributed by atoms with van der Waals surface area (Å²) in [4.78, 5) is 27.8. The predicted octanol–water partition coefficient (Wildman–Crippen LogP) is 0.172. The third kappa shape index (κ3) is 1.84. The monoisotopic (exact) mass is 247 g/mol. The molecule has 1 amide bonds. The van der Waals surface area contributed by atoms with Crippen LogP contribution in [0.15, 0.2) is 18.5 Å². The van der Waals surface area contributed by atoms with E-state index < -0.39 is 5.91 Å². The molecule has 0 spiro atoms. The minimum absolute atomic E-state index is 0.0895. The summed E-state index contributed by atoms with van der Waals surface area (Å²) in [5.74, 6) is 4.06. The molecule has 0 unspecified atom stereocenters. The highest BCUT2D eigenvalue weighted by Crippen LogP contribution is 2.17. The predicted molar refractivity (Wildman–Crippen MR) is 63.8 cm³/mol. The van der Waals surface area contributed by atoms with Gasteiger partial charge in [0.1, 0.15) is 11.3 Å². The van der Waals surface area contributed by atoms with Gasteiger partial charge in [0.05, 0.1) is 0 Å². The van der Waals surface area contributed by atoms with Crippen molar-refractivity contribution in [2.24, 2.45) is 11.8 Å². The molecular formula is C11H13N5O2. The van der Waals surface area contributed by atoms with E-state index in [9.17, 15) is 9.59 Å². The Kier molecular flexibility index (Phi) is 3.07. The molecule has 0 aliphatic heterocycles. The van der Waals surface area contributed by atoms with Crippen LogP contribution in [0.1, 0.15) is 34.7 Å². The summed E-state index contributed by atoms with van der Waals surface area (Å²) >= 11 is 0. The van der Waals surface area contributed by atoms with Crippen molar-refractivity contribution in [2.45, 2.75) is 13.8 Å². The van der Waals surface area contributed by atoms with Gasteiger partial charge in [-0.05, 0) is 6.07 Å². The van der Waals surface area contributed by atoms with Crippen LogP contribution < -0.4 is 11.3 Å². The summed E-state index contributed by atoms with van der Waals surface area (Å²) in [5, 5.41) is 4.09. The maximum Gasteiger partial charge on any atom is 0.271 e. The number of nitrogens with two attached hydrogens (primary N) is 1. The van der Waals surface area contributed by atoms with E-state index in [1.165, 1.54) is 10.7 Å². The van der Waals surface area contributed by atoms with Gasteiger partial charge >= 0.3 is 0 Å². The van der Waals surface area contributed by atoms with Crippen molar-refractivity contribution in [1.82, 2.24) is 20.0 Å². The van der Waals surface area contributed by atoms with Gasteiger partial charge < -0.3 is 0 Å². The summed E-state index contributed by atoms with van der Waals surface area (Å²) in [7, 11) is 0. The van der Waals surface area contributed by atoms with Crippen LogP contribution in [0.2, 0.25) is 0 Å². The Hall–Kier alpha value is -2.28. The molecule has 2 rings (SSSR count). The molecule has 7 heteroatoms. The third-order valence-corrected chi connectivity index (χ3v) is 2.51. The van der Waals surface area contributed by atoms with E-state index >= 15 is 0 Å². The number of nitrogen functional groups attached to an aromatic ring is 1. The minimum atomic E-state index is -0.576. The van der Waals surface area contributed by atoms with Gasteiger partial charge in [0.25, 0.3) is 5.91 Å². The molecule has 2 heterocycles. The lowest BCUT2D eigenvalue weighted by Crippen LogP contribution is -2.31. The molecule has 18 heavy (non-hydrogen) atoms. The normalized spacial score (nSPS) is 10.9. The van der Waals surface area contributed by atoms with Crippen LogP contribution in [-0.2, 0) is 0 Å². The molecule has 7 nitrogen and oxygen atoms in total. The summed E-state index contributed by atoms with van der Waals surface area (Å²) < 4.78 is 1.39. The van der Waals surface area contributed by atoms with Crippen molar-refractivity contribution in [3.05, 3.63) is 29.7 Å². The van der Waals surface area contributed by atoms with Crippen LogP contribution in [0, 0.1) is 5.92 Å². The van der Waals surface area contributed by atoms with Crippen molar-refractivity contribution in [3.8, 4) is 0 Å². The SMILES string of the molecule is CC(C)C(=O)c1nn2cccnc2c1C(=O)NN. The van der Waals surface area contributed by atoms with Gasteiger partial charge in [0, 0.05) is 18.3 Å². The Morgan fingerprint density at radius 2 is 2.17 bits per heavy atom. The van der Waals surface area contributed by atoms with Gasteiger partial charge in [-0.15, -0.1) is 0 Å². The lowest BCUT2D eigenvalue weighted by molar-refractivity contribution is 0.0909. The van der Waals surface area contributed by atoms with E-state index in [0.717, 1.165) is 0 Å². The zero-order chi connectivity index (χ0) is 13.3. The van der Waals surface area contributed by atoms with Crippen LogP contribution in [0.25, 0.3) is 5.65 Å². The fraction of sp³-hybridized carbons (Fsp3) is 0.273. The van der Waals surface area contributed by atoms with Gasteiger partial charge in [-0.2, -0.15) is 5.10 Å². The summed E-state index contributed by atoms with van der Waals surface area (Å²) in [5.41, 5.74) is 2.52. The standard InChI is InChI=1S/C11H13N5O2/c1-6(2)9(17)8-7(11(18)14-12)10-13-4-3-5-16(10)15-8/h3-6H,12H2,1-2H3,(H,14,18). The van der Waals surface area contributed by atoms with Crippen molar-refractivity contribution in [3.63, 3.8) is 0 Å². The topological polar surface area (TPSA) is 102 Å². The highest BCUT2D eigenvalue weighted by molar-refractivity contribution is 6.10. The maximum atomic E-state index is 12.0. The Balaban J connectivity index is 2.72. The maximum absolute atomic E-state index is 12.0. The number of nitrogens with one attached hydrogen (secondary N) is 1. The number of fused-ring (bicyclic) bond motifs is 1. The molecule has 3 N–H and O–H groups in total. The van der Waals surface area contributed by atoms with Crippen LogP contribution in [0.5, 0.6) is 0 Å². The Morgan fingerprint density at radius 3 is 2.78 bits per heavy atom. The smallest absolute Gasteiger partial charge is 0.271 e. The molecule has 0 aliphatic rings. The van der Waals surface area contributed by atoms with E-state index in [1.54, 1.807) is 26.1 Å². The number of hydrogen-bond acceptors (Lipinski definition) is 5. The number of nitrogens with zero attached hydrogens (tertiary/aromatic N) is 3. The van der Waals surface area contributed by atoms with E-state index in [4.69, 9.17) is 5.84 Å².